The highest BCUT2D eigenvalue weighted by Crippen LogP contribution is 2.26. The zero-order valence-electron chi connectivity index (χ0n) is 18.9. The summed E-state index contributed by atoms with van der Waals surface area (Å²) < 4.78 is 8.25. The Balaban J connectivity index is 1.44. The topological polar surface area (TPSA) is 56.1 Å². The number of hydrogen-bond acceptors (Lipinski definition) is 3. The number of rotatable bonds is 9. The van der Waals surface area contributed by atoms with Gasteiger partial charge in [0.05, 0.1) is 34.8 Å². The summed E-state index contributed by atoms with van der Waals surface area (Å²) in [5, 5.41) is 3.39. The maximum absolute atomic E-state index is 12.6. The molecule has 0 aliphatic carbocycles. The largest absolute Gasteiger partial charge is 0.493 e. The Labute approximate surface area is 199 Å². The van der Waals surface area contributed by atoms with Gasteiger partial charge in [-0.05, 0) is 48.2 Å². The van der Waals surface area contributed by atoms with E-state index in [1.807, 2.05) is 36.4 Å². The maximum Gasteiger partial charge on any atom is 0.253 e. The highest BCUT2D eigenvalue weighted by atomic mass is 35.5. The number of hydrogen-bond donors (Lipinski definition) is 1. The van der Waals surface area contributed by atoms with Crippen LogP contribution >= 0.6 is 11.6 Å². The lowest BCUT2D eigenvalue weighted by Crippen LogP contribution is -2.25. The molecule has 0 spiro atoms. The first-order chi connectivity index (χ1) is 16.0. The SMILES string of the molecule is CC(C)c1ccccc1OCCCn1c(CNC(=O)c2ccccc2Cl)nc2ccccc21. The quantitative estimate of drug-likeness (QED) is 0.301. The van der Waals surface area contributed by atoms with Crippen molar-refractivity contribution < 1.29 is 9.53 Å². The van der Waals surface area contributed by atoms with Crippen LogP contribution in [0.4, 0.5) is 0 Å². The Morgan fingerprint density at radius 2 is 1.76 bits per heavy atom. The van der Waals surface area contributed by atoms with Crippen LogP contribution in [0, 0.1) is 0 Å². The zero-order valence-corrected chi connectivity index (χ0v) is 19.7. The average Bonchev–Trinajstić information content (AvgIpc) is 3.18. The van der Waals surface area contributed by atoms with Gasteiger partial charge in [0.1, 0.15) is 11.6 Å². The highest BCUT2D eigenvalue weighted by molar-refractivity contribution is 6.33. The summed E-state index contributed by atoms with van der Waals surface area (Å²) in [5.74, 6) is 1.94. The van der Waals surface area contributed by atoms with Crippen molar-refractivity contribution in [2.45, 2.75) is 39.3 Å². The van der Waals surface area contributed by atoms with Crippen molar-refractivity contribution in [3.8, 4) is 5.75 Å². The third-order valence-corrected chi connectivity index (χ3v) is 5.91. The third kappa shape index (κ3) is 5.37. The number of halogens is 1. The molecule has 1 aromatic heterocycles. The fourth-order valence-corrected chi connectivity index (χ4v) is 4.13. The van der Waals surface area contributed by atoms with Crippen molar-refractivity contribution in [1.29, 1.82) is 0 Å². The van der Waals surface area contributed by atoms with Crippen molar-refractivity contribution in [3.05, 3.63) is 94.8 Å². The van der Waals surface area contributed by atoms with Gasteiger partial charge >= 0.3 is 0 Å². The second kappa shape index (κ2) is 10.5. The van der Waals surface area contributed by atoms with E-state index in [-0.39, 0.29) is 5.91 Å². The summed E-state index contributed by atoms with van der Waals surface area (Å²) in [6, 6.07) is 23.2. The van der Waals surface area contributed by atoms with Gasteiger partial charge in [-0.1, -0.05) is 67.9 Å². The number of ether oxygens (including phenoxy) is 1. The lowest BCUT2D eigenvalue weighted by Gasteiger charge is -2.15. The van der Waals surface area contributed by atoms with Crippen LogP contribution in [0.15, 0.2) is 72.8 Å². The van der Waals surface area contributed by atoms with Crippen molar-refractivity contribution in [2.75, 3.05) is 6.61 Å². The van der Waals surface area contributed by atoms with Crippen molar-refractivity contribution >= 4 is 28.5 Å². The standard InChI is InChI=1S/C27H28ClN3O2/c1-19(2)20-10-4-8-15-25(20)33-17-9-16-31-24-14-7-6-13-23(24)30-26(31)18-29-27(32)21-11-3-5-12-22(21)28/h3-8,10-15,19H,9,16-18H2,1-2H3,(H,29,32). The van der Waals surface area contributed by atoms with Crippen LogP contribution < -0.4 is 10.1 Å². The van der Waals surface area contributed by atoms with Gasteiger partial charge in [-0.3, -0.25) is 4.79 Å². The molecule has 33 heavy (non-hydrogen) atoms. The van der Waals surface area contributed by atoms with Crippen LogP contribution in [0.25, 0.3) is 11.0 Å². The summed E-state index contributed by atoms with van der Waals surface area (Å²) in [5.41, 5.74) is 3.63. The normalized spacial score (nSPS) is 11.2. The Hall–Kier alpha value is -3.31. The molecule has 3 aromatic carbocycles. The van der Waals surface area contributed by atoms with E-state index in [0.29, 0.717) is 29.7 Å². The highest BCUT2D eigenvalue weighted by Gasteiger charge is 2.14. The molecule has 0 bridgehead atoms. The van der Waals surface area contributed by atoms with Crippen LogP contribution in [0.2, 0.25) is 5.02 Å². The second-order valence-corrected chi connectivity index (χ2v) is 8.63. The van der Waals surface area contributed by atoms with E-state index in [2.05, 4.69) is 35.9 Å². The number of carbonyl (C=O) groups is 1. The molecule has 4 aromatic rings. The molecule has 5 nitrogen and oxygen atoms in total. The number of fused-ring (bicyclic) bond motifs is 1. The molecular formula is C27H28ClN3O2. The molecule has 1 amide bonds. The van der Waals surface area contributed by atoms with Crippen LogP contribution in [0.5, 0.6) is 5.75 Å². The first kappa shape index (κ1) is 22.9. The number of para-hydroxylation sites is 3. The lowest BCUT2D eigenvalue weighted by molar-refractivity contribution is 0.0949. The molecule has 0 unspecified atom stereocenters. The van der Waals surface area contributed by atoms with Crippen LogP contribution in [-0.4, -0.2) is 22.1 Å². The van der Waals surface area contributed by atoms with Crippen molar-refractivity contribution in [1.82, 2.24) is 14.9 Å². The van der Waals surface area contributed by atoms with Gasteiger partial charge in [-0.25, -0.2) is 4.98 Å². The summed E-state index contributed by atoms with van der Waals surface area (Å²) in [7, 11) is 0. The van der Waals surface area contributed by atoms with E-state index < -0.39 is 0 Å². The van der Waals surface area contributed by atoms with Crippen molar-refractivity contribution in [2.24, 2.45) is 0 Å². The van der Waals surface area contributed by atoms with Crippen LogP contribution in [-0.2, 0) is 13.1 Å². The molecule has 0 saturated carbocycles. The maximum atomic E-state index is 12.6. The van der Waals surface area contributed by atoms with Gasteiger partial charge in [-0.15, -0.1) is 0 Å². The molecule has 0 aliphatic heterocycles. The molecule has 0 aliphatic rings. The molecule has 0 radical (unpaired) electrons. The van der Waals surface area contributed by atoms with Gasteiger partial charge < -0.3 is 14.6 Å². The number of amides is 1. The molecule has 1 N–H and O–H groups in total. The lowest BCUT2D eigenvalue weighted by atomic mass is 10.0. The van der Waals surface area contributed by atoms with Crippen LogP contribution in [0.1, 0.15) is 47.9 Å². The first-order valence-corrected chi connectivity index (χ1v) is 11.6. The Morgan fingerprint density at radius 1 is 1.03 bits per heavy atom. The summed E-state index contributed by atoms with van der Waals surface area (Å²) in [4.78, 5) is 17.4. The summed E-state index contributed by atoms with van der Waals surface area (Å²) >= 11 is 6.17. The molecule has 0 atom stereocenters. The number of nitrogens with one attached hydrogen (secondary N) is 1. The van der Waals surface area contributed by atoms with Crippen molar-refractivity contribution in [3.63, 3.8) is 0 Å². The molecule has 0 saturated heterocycles. The third-order valence-electron chi connectivity index (χ3n) is 5.58. The van der Waals surface area contributed by atoms with Gasteiger partial charge in [0.25, 0.3) is 5.91 Å². The molecule has 1 heterocycles. The minimum atomic E-state index is -0.215. The fourth-order valence-electron chi connectivity index (χ4n) is 3.90. The zero-order chi connectivity index (χ0) is 23.2. The van der Waals surface area contributed by atoms with E-state index in [0.717, 1.165) is 35.6 Å². The smallest absolute Gasteiger partial charge is 0.253 e. The summed E-state index contributed by atoms with van der Waals surface area (Å²) in [6.07, 6.45) is 0.818. The summed E-state index contributed by atoms with van der Waals surface area (Å²) in [6.45, 7) is 5.99. The monoisotopic (exact) mass is 461 g/mol. The minimum Gasteiger partial charge on any atom is -0.493 e. The van der Waals surface area contributed by atoms with E-state index in [1.54, 1.807) is 24.3 Å². The van der Waals surface area contributed by atoms with E-state index >= 15 is 0 Å². The second-order valence-electron chi connectivity index (χ2n) is 8.23. The van der Waals surface area contributed by atoms with Gasteiger partial charge in [0.15, 0.2) is 0 Å². The Morgan fingerprint density at radius 3 is 2.58 bits per heavy atom. The van der Waals surface area contributed by atoms with E-state index in [4.69, 9.17) is 21.3 Å². The van der Waals surface area contributed by atoms with Gasteiger partial charge in [0.2, 0.25) is 0 Å². The number of aromatic nitrogens is 2. The molecular weight excluding hydrogens is 434 g/mol. The minimum absolute atomic E-state index is 0.215. The molecule has 6 heteroatoms. The van der Waals surface area contributed by atoms with E-state index in [1.165, 1.54) is 5.56 Å². The average molecular weight is 462 g/mol. The molecule has 170 valence electrons. The molecule has 0 fully saturated rings. The van der Waals surface area contributed by atoms with Crippen LogP contribution in [0.3, 0.4) is 0 Å². The Kier molecular flexibility index (Phi) is 7.30. The Bertz CT molecular complexity index is 1250. The van der Waals surface area contributed by atoms with Gasteiger partial charge in [0, 0.05) is 6.54 Å². The fraction of sp³-hybridized carbons (Fsp3) is 0.259. The molecule has 4 rings (SSSR count). The number of carbonyl (C=O) groups excluding carboxylic acids is 1. The number of nitrogens with zero attached hydrogens (tertiary/aromatic N) is 2. The first-order valence-electron chi connectivity index (χ1n) is 11.2. The number of aryl methyl sites for hydroxylation is 1. The number of benzene rings is 3. The van der Waals surface area contributed by atoms with Gasteiger partial charge in [-0.2, -0.15) is 0 Å². The number of imidazole rings is 1. The predicted octanol–water partition coefficient (Wildman–Crippen LogP) is 6.21. The van der Waals surface area contributed by atoms with E-state index in [9.17, 15) is 4.79 Å². The predicted molar refractivity (Wildman–Crippen MR) is 133 cm³/mol.